The fourth-order valence-electron chi connectivity index (χ4n) is 2.95. The molecule has 1 aliphatic heterocycles. The van der Waals surface area contributed by atoms with Crippen LogP contribution in [0.25, 0.3) is 0 Å². The predicted octanol–water partition coefficient (Wildman–Crippen LogP) is 5.20. The Kier molecular flexibility index (Phi) is 6.10. The molecule has 0 saturated heterocycles. The van der Waals surface area contributed by atoms with Crippen molar-refractivity contribution in [3.05, 3.63) is 17.5 Å². The lowest BCUT2D eigenvalue weighted by molar-refractivity contribution is 0.563. The zero-order valence-electron chi connectivity index (χ0n) is 12.2. The first-order valence-electron chi connectivity index (χ1n) is 7.92. The SMILES string of the molecule is CC1=NC=C=NC2=C1CCCCCCCCCCC2. The highest BCUT2D eigenvalue weighted by Gasteiger charge is 2.11. The average molecular weight is 258 g/mol. The van der Waals surface area contributed by atoms with Crippen LogP contribution in [0.5, 0.6) is 0 Å². The first-order valence-corrected chi connectivity index (χ1v) is 7.92. The maximum Gasteiger partial charge on any atom is 0.0885 e. The lowest BCUT2D eigenvalue weighted by atomic mass is 9.98. The van der Waals surface area contributed by atoms with E-state index in [1.807, 2.05) is 0 Å². The fourth-order valence-corrected chi connectivity index (χ4v) is 2.95. The predicted molar refractivity (Wildman–Crippen MR) is 82.9 cm³/mol. The van der Waals surface area contributed by atoms with E-state index in [-0.39, 0.29) is 0 Å². The molecule has 0 saturated carbocycles. The maximum atomic E-state index is 4.51. The van der Waals surface area contributed by atoms with Crippen molar-refractivity contribution in [1.29, 1.82) is 0 Å². The van der Waals surface area contributed by atoms with Crippen molar-refractivity contribution in [2.45, 2.75) is 77.6 Å². The van der Waals surface area contributed by atoms with Gasteiger partial charge >= 0.3 is 0 Å². The van der Waals surface area contributed by atoms with Gasteiger partial charge in [-0.3, -0.25) is 4.99 Å². The van der Waals surface area contributed by atoms with Crippen molar-refractivity contribution in [2.75, 3.05) is 0 Å². The van der Waals surface area contributed by atoms with E-state index in [1.54, 1.807) is 6.20 Å². The monoisotopic (exact) mass is 258 g/mol. The lowest BCUT2D eigenvalue weighted by Gasteiger charge is -2.10. The molecule has 1 aliphatic carbocycles. The summed E-state index contributed by atoms with van der Waals surface area (Å²) < 4.78 is 0. The van der Waals surface area contributed by atoms with E-state index < -0.39 is 0 Å². The molecule has 2 heteroatoms. The van der Waals surface area contributed by atoms with Crippen molar-refractivity contribution in [3.8, 4) is 0 Å². The molecule has 2 nitrogen and oxygen atoms in total. The molecule has 104 valence electrons. The second-order valence-corrected chi connectivity index (χ2v) is 5.69. The third kappa shape index (κ3) is 4.80. The van der Waals surface area contributed by atoms with E-state index in [9.17, 15) is 0 Å². The van der Waals surface area contributed by atoms with E-state index in [0.29, 0.717) is 0 Å². The Morgan fingerprint density at radius 3 is 2.11 bits per heavy atom. The molecule has 0 aromatic rings. The molecule has 19 heavy (non-hydrogen) atoms. The van der Waals surface area contributed by atoms with Crippen LogP contribution in [0.3, 0.4) is 0 Å². The molecule has 0 spiro atoms. The Balaban J connectivity index is 2.08. The maximum absolute atomic E-state index is 4.51. The van der Waals surface area contributed by atoms with Crippen molar-refractivity contribution in [2.24, 2.45) is 9.98 Å². The summed E-state index contributed by atoms with van der Waals surface area (Å²) in [6.45, 7) is 2.12. The van der Waals surface area contributed by atoms with Gasteiger partial charge in [0.05, 0.1) is 11.9 Å². The lowest BCUT2D eigenvalue weighted by Crippen LogP contribution is -2.01. The van der Waals surface area contributed by atoms with E-state index in [4.69, 9.17) is 0 Å². The van der Waals surface area contributed by atoms with Crippen LogP contribution in [-0.4, -0.2) is 11.6 Å². The number of nitrogens with zero attached hydrogens (tertiary/aromatic N) is 2. The molecule has 0 atom stereocenters. The molecule has 0 amide bonds. The second-order valence-electron chi connectivity index (χ2n) is 5.69. The first-order chi connectivity index (χ1) is 9.38. The van der Waals surface area contributed by atoms with Gasteiger partial charge in [0.25, 0.3) is 0 Å². The van der Waals surface area contributed by atoms with E-state index in [0.717, 1.165) is 18.6 Å². The van der Waals surface area contributed by atoms with Crippen molar-refractivity contribution in [3.63, 3.8) is 0 Å². The van der Waals surface area contributed by atoms with Crippen molar-refractivity contribution < 1.29 is 0 Å². The van der Waals surface area contributed by atoms with Crippen LogP contribution in [0.2, 0.25) is 0 Å². The summed E-state index contributed by atoms with van der Waals surface area (Å²) in [5, 5.41) is 0. The number of aliphatic imine (C=N–C) groups is 2. The second kappa shape index (κ2) is 8.12. The normalized spacial score (nSPS) is 22.7. The van der Waals surface area contributed by atoms with Crippen LogP contribution in [-0.2, 0) is 0 Å². The molecule has 2 rings (SSSR count). The summed E-state index contributed by atoms with van der Waals surface area (Å²) in [4.78, 5) is 8.93. The van der Waals surface area contributed by atoms with Gasteiger partial charge in [-0.25, -0.2) is 4.99 Å². The molecule has 0 aromatic carbocycles. The molecular formula is C17H26N2. The Bertz CT molecular complexity index is 395. The van der Waals surface area contributed by atoms with E-state index in [2.05, 4.69) is 22.8 Å². The molecule has 0 aromatic heterocycles. The molecule has 1 heterocycles. The van der Waals surface area contributed by atoms with E-state index in [1.165, 1.54) is 69.1 Å². The average Bonchev–Trinajstić information content (AvgIpc) is 2.57. The van der Waals surface area contributed by atoms with Crippen LogP contribution in [0.1, 0.15) is 77.6 Å². The van der Waals surface area contributed by atoms with Gasteiger partial charge in [0.1, 0.15) is 0 Å². The van der Waals surface area contributed by atoms with Gasteiger partial charge in [-0.15, -0.1) is 0 Å². The summed E-state index contributed by atoms with van der Waals surface area (Å²) >= 11 is 0. The summed E-state index contributed by atoms with van der Waals surface area (Å²) in [6.07, 6.45) is 16.2. The summed E-state index contributed by atoms with van der Waals surface area (Å²) in [6, 6.07) is 0. The van der Waals surface area contributed by atoms with Crippen molar-refractivity contribution in [1.82, 2.24) is 0 Å². The molecule has 0 radical (unpaired) electrons. The fraction of sp³-hybridized carbons (Fsp3) is 0.706. The highest BCUT2D eigenvalue weighted by Crippen LogP contribution is 2.24. The van der Waals surface area contributed by atoms with E-state index >= 15 is 0 Å². The minimum absolute atomic E-state index is 1.10. The first kappa shape index (κ1) is 14.3. The third-order valence-corrected chi connectivity index (χ3v) is 4.14. The van der Waals surface area contributed by atoms with Gasteiger partial charge in [0, 0.05) is 11.6 Å². The van der Waals surface area contributed by atoms with Gasteiger partial charge in [-0.2, -0.15) is 0 Å². The quantitative estimate of drug-likeness (QED) is 0.570. The summed E-state index contributed by atoms with van der Waals surface area (Å²) in [7, 11) is 0. The zero-order chi connectivity index (χ0) is 13.3. The molecule has 0 bridgehead atoms. The molecular weight excluding hydrogens is 232 g/mol. The van der Waals surface area contributed by atoms with Gasteiger partial charge in [0.15, 0.2) is 0 Å². The highest BCUT2D eigenvalue weighted by molar-refractivity contribution is 6.00. The Morgan fingerprint density at radius 2 is 1.42 bits per heavy atom. The summed E-state index contributed by atoms with van der Waals surface area (Å²) in [5.74, 6) is 2.96. The molecule has 2 aliphatic rings. The number of hydrogen-bond donors (Lipinski definition) is 0. The van der Waals surface area contributed by atoms with Crippen LogP contribution >= 0.6 is 0 Å². The number of rotatable bonds is 0. The topological polar surface area (TPSA) is 24.7 Å². The third-order valence-electron chi connectivity index (χ3n) is 4.14. The van der Waals surface area contributed by atoms with Gasteiger partial charge < -0.3 is 0 Å². The minimum atomic E-state index is 1.10. The van der Waals surface area contributed by atoms with Crippen LogP contribution < -0.4 is 0 Å². The van der Waals surface area contributed by atoms with Crippen molar-refractivity contribution >= 4 is 11.6 Å². The minimum Gasteiger partial charge on any atom is -0.251 e. The Morgan fingerprint density at radius 1 is 0.842 bits per heavy atom. The molecule has 0 unspecified atom stereocenters. The molecule has 0 fully saturated rings. The molecule has 0 N–H and O–H groups in total. The van der Waals surface area contributed by atoms with Gasteiger partial charge in [0.2, 0.25) is 0 Å². The number of allylic oxidation sites excluding steroid dienone is 2. The summed E-state index contributed by atoms with van der Waals surface area (Å²) in [5.41, 5.74) is 3.79. The largest absolute Gasteiger partial charge is 0.251 e. The zero-order valence-corrected chi connectivity index (χ0v) is 12.2. The van der Waals surface area contributed by atoms with Gasteiger partial charge in [-0.05, 0) is 38.2 Å². The highest BCUT2D eigenvalue weighted by atomic mass is 14.8. The van der Waals surface area contributed by atoms with Crippen LogP contribution in [0, 0.1) is 0 Å². The van der Waals surface area contributed by atoms with Gasteiger partial charge in [-0.1, -0.05) is 44.9 Å². The van der Waals surface area contributed by atoms with Crippen LogP contribution in [0.15, 0.2) is 27.5 Å². The number of hydrogen-bond acceptors (Lipinski definition) is 2. The smallest absolute Gasteiger partial charge is 0.0885 e. The Hall–Kier alpha value is -1.14. The standard InChI is InChI=1S/C17H26N2/c1-15-16-11-9-7-5-3-2-4-6-8-10-12-17(16)19-14-13-18-15/h13H,2-12H2,1H3. The Labute approximate surface area is 117 Å². The van der Waals surface area contributed by atoms with Crippen LogP contribution in [0.4, 0.5) is 0 Å².